The number of hydrogen-bond donors (Lipinski definition) is 1. The van der Waals surface area contributed by atoms with Gasteiger partial charge in [0.25, 0.3) is 0 Å². The summed E-state index contributed by atoms with van der Waals surface area (Å²) in [5.41, 5.74) is 1.05. The van der Waals surface area contributed by atoms with Crippen molar-refractivity contribution >= 4 is 11.6 Å². The maximum absolute atomic E-state index is 11.6. The minimum absolute atomic E-state index is 0.0760. The van der Waals surface area contributed by atoms with Crippen LogP contribution in [0.1, 0.15) is 18.5 Å². The second-order valence-electron chi connectivity index (χ2n) is 4.86. The van der Waals surface area contributed by atoms with Crippen LogP contribution in [0.3, 0.4) is 0 Å². The van der Waals surface area contributed by atoms with Gasteiger partial charge >= 0.3 is 0 Å². The lowest BCUT2D eigenvalue weighted by atomic mass is 10.3. The molecule has 0 atom stereocenters. The van der Waals surface area contributed by atoms with Gasteiger partial charge in [-0.15, -0.1) is 0 Å². The summed E-state index contributed by atoms with van der Waals surface area (Å²) in [5, 5.41) is 11.7. The largest absolute Gasteiger partial charge is 0.439 e. The smallest absolute Gasteiger partial charge is 0.227 e. The van der Waals surface area contributed by atoms with E-state index in [-0.39, 0.29) is 11.8 Å². The predicted molar refractivity (Wildman–Crippen MR) is 76.8 cm³/mol. The molecule has 0 radical (unpaired) electrons. The number of benzene rings is 1. The zero-order chi connectivity index (χ0) is 14.7. The van der Waals surface area contributed by atoms with Crippen molar-refractivity contribution in [1.82, 2.24) is 4.98 Å². The predicted octanol–water partition coefficient (Wildman–Crippen LogP) is 3.09. The molecule has 0 unspecified atom stereocenters. The molecule has 1 fully saturated rings. The van der Waals surface area contributed by atoms with Crippen LogP contribution in [0.2, 0.25) is 0 Å². The van der Waals surface area contributed by atoms with E-state index >= 15 is 0 Å². The maximum atomic E-state index is 11.6. The lowest BCUT2D eigenvalue weighted by Crippen LogP contribution is -2.12. The van der Waals surface area contributed by atoms with E-state index in [1.165, 1.54) is 0 Å². The van der Waals surface area contributed by atoms with Crippen LogP contribution in [0.25, 0.3) is 0 Å². The van der Waals surface area contributed by atoms with Crippen molar-refractivity contribution in [3.63, 3.8) is 0 Å². The molecule has 5 heteroatoms. The number of nitrogens with one attached hydrogen (secondary N) is 1. The number of carbonyl (C=O) groups is 1. The van der Waals surface area contributed by atoms with Gasteiger partial charge < -0.3 is 10.1 Å². The first-order valence-corrected chi connectivity index (χ1v) is 6.70. The normalized spacial score (nSPS) is 13.3. The number of aromatic nitrogens is 1. The monoisotopic (exact) mass is 279 g/mol. The van der Waals surface area contributed by atoms with E-state index in [2.05, 4.69) is 10.3 Å². The van der Waals surface area contributed by atoms with Crippen LogP contribution in [0, 0.1) is 17.2 Å². The number of anilines is 1. The molecule has 5 nitrogen and oxygen atoms in total. The summed E-state index contributed by atoms with van der Waals surface area (Å²) in [6.45, 7) is 0. The fraction of sp³-hybridized carbons (Fsp3) is 0.188. The molecule has 1 aromatic heterocycles. The van der Waals surface area contributed by atoms with Crippen molar-refractivity contribution in [2.24, 2.45) is 5.92 Å². The highest BCUT2D eigenvalue weighted by atomic mass is 16.5. The third-order valence-corrected chi connectivity index (χ3v) is 3.13. The van der Waals surface area contributed by atoms with E-state index in [0.29, 0.717) is 17.3 Å². The number of pyridine rings is 1. The Morgan fingerprint density at radius 1 is 1.24 bits per heavy atom. The molecule has 1 aliphatic carbocycles. The third-order valence-electron chi connectivity index (χ3n) is 3.13. The Kier molecular flexibility index (Phi) is 3.52. The first-order valence-electron chi connectivity index (χ1n) is 6.70. The summed E-state index contributed by atoms with van der Waals surface area (Å²) < 4.78 is 5.57. The Balaban J connectivity index is 1.66. The molecule has 104 valence electrons. The fourth-order valence-corrected chi connectivity index (χ4v) is 1.85. The fourth-order valence-electron chi connectivity index (χ4n) is 1.85. The van der Waals surface area contributed by atoms with Gasteiger partial charge in [-0.3, -0.25) is 4.79 Å². The van der Waals surface area contributed by atoms with E-state index < -0.39 is 0 Å². The molecule has 1 amide bonds. The number of nitrogens with zero attached hydrogens (tertiary/aromatic N) is 2. The molecule has 0 aliphatic heterocycles. The Hall–Kier alpha value is -2.87. The SMILES string of the molecule is N#Cc1cccc(Oc2ccc(NC(=O)C3CC3)cc2)n1. The average molecular weight is 279 g/mol. The van der Waals surface area contributed by atoms with Crippen molar-refractivity contribution < 1.29 is 9.53 Å². The van der Waals surface area contributed by atoms with Gasteiger partial charge in [-0.05, 0) is 43.2 Å². The van der Waals surface area contributed by atoms with Crippen molar-refractivity contribution in [3.05, 3.63) is 48.2 Å². The standard InChI is InChI=1S/C16H13N3O2/c17-10-13-2-1-3-15(18-13)21-14-8-6-12(7-9-14)19-16(20)11-4-5-11/h1-3,6-9,11H,4-5H2,(H,19,20). The van der Waals surface area contributed by atoms with Gasteiger partial charge in [0.15, 0.2) is 0 Å². The van der Waals surface area contributed by atoms with E-state index in [4.69, 9.17) is 10.00 Å². The highest BCUT2D eigenvalue weighted by Crippen LogP contribution is 2.30. The molecule has 0 bridgehead atoms. The molecule has 1 aromatic carbocycles. The zero-order valence-corrected chi connectivity index (χ0v) is 11.2. The lowest BCUT2D eigenvalue weighted by Gasteiger charge is -2.07. The second-order valence-corrected chi connectivity index (χ2v) is 4.86. The van der Waals surface area contributed by atoms with Gasteiger partial charge in [0, 0.05) is 17.7 Å². The molecule has 2 aromatic rings. The molecule has 1 N–H and O–H groups in total. The Labute approximate surface area is 122 Å². The number of hydrogen-bond acceptors (Lipinski definition) is 4. The van der Waals surface area contributed by atoms with Crippen LogP contribution in [0.4, 0.5) is 5.69 Å². The summed E-state index contributed by atoms with van der Waals surface area (Å²) >= 11 is 0. The molecule has 1 heterocycles. The van der Waals surface area contributed by atoms with Gasteiger partial charge in [-0.25, -0.2) is 4.98 Å². The van der Waals surface area contributed by atoms with Gasteiger partial charge in [-0.2, -0.15) is 5.26 Å². The number of nitriles is 1. The highest BCUT2D eigenvalue weighted by molar-refractivity contribution is 5.94. The summed E-state index contributed by atoms with van der Waals surface area (Å²) in [4.78, 5) is 15.7. The average Bonchev–Trinajstić information content (AvgIpc) is 3.34. The third kappa shape index (κ3) is 3.37. The minimum atomic E-state index is 0.0760. The van der Waals surface area contributed by atoms with Crippen LogP contribution in [0.15, 0.2) is 42.5 Å². The topological polar surface area (TPSA) is 75.0 Å². The summed E-state index contributed by atoms with van der Waals surface area (Å²) in [5.74, 6) is 1.22. The molecule has 1 aliphatic rings. The van der Waals surface area contributed by atoms with E-state index in [9.17, 15) is 4.79 Å². The van der Waals surface area contributed by atoms with Crippen LogP contribution in [-0.4, -0.2) is 10.9 Å². The Bertz CT molecular complexity index is 700. The molecule has 0 spiro atoms. The van der Waals surface area contributed by atoms with Crippen molar-refractivity contribution in [2.75, 3.05) is 5.32 Å². The quantitative estimate of drug-likeness (QED) is 0.933. The van der Waals surface area contributed by atoms with Gasteiger partial charge in [0.2, 0.25) is 11.8 Å². The van der Waals surface area contributed by atoms with Crippen LogP contribution in [-0.2, 0) is 4.79 Å². The summed E-state index contributed by atoms with van der Waals surface area (Å²) in [6.07, 6.45) is 1.96. The number of carbonyl (C=O) groups excluding carboxylic acids is 1. The van der Waals surface area contributed by atoms with Gasteiger partial charge in [0.1, 0.15) is 17.5 Å². The molecular weight excluding hydrogens is 266 g/mol. The summed E-state index contributed by atoms with van der Waals surface area (Å²) in [6, 6.07) is 14.0. The second kappa shape index (κ2) is 5.63. The van der Waals surface area contributed by atoms with Crippen LogP contribution >= 0.6 is 0 Å². The lowest BCUT2D eigenvalue weighted by molar-refractivity contribution is -0.117. The van der Waals surface area contributed by atoms with Crippen LogP contribution < -0.4 is 10.1 Å². The molecule has 1 saturated carbocycles. The van der Waals surface area contributed by atoms with Crippen molar-refractivity contribution in [2.45, 2.75) is 12.8 Å². The highest BCUT2D eigenvalue weighted by Gasteiger charge is 2.29. The summed E-state index contributed by atoms with van der Waals surface area (Å²) in [7, 11) is 0. The van der Waals surface area contributed by atoms with E-state index in [1.54, 1.807) is 42.5 Å². The zero-order valence-electron chi connectivity index (χ0n) is 11.2. The Morgan fingerprint density at radius 3 is 2.67 bits per heavy atom. The molecular formula is C16H13N3O2. The molecule has 3 rings (SSSR count). The first kappa shape index (κ1) is 13.1. The van der Waals surface area contributed by atoms with Crippen molar-refractivity contribution in [3.8, 4) is 17.7 Å². The van der Waals surface area contributed by atoms with E-state index in [0.717, 1.165) is 18.5 Å². The maximum Gasteiger partial charge on any atom is 0.227 e. The van der Waals surface area contributed by atoms with Crippen molar-refractivity contribution in [1.29, 1.82) is 5.26 Å². The first-order chi connectivity index (χ1) is 10.2. The van der Waals surface area contributed by atoms with Crippen LogP contribution in [0.5, 0.6) is 11.6 Å². The van der Waals surface area contributed by atoms with E-state index in [1.807, 2.05) is 6.07 Å². The number of rotatable bonds is 4. The minimum Gasteiger partial charge on any atom is -0.439 e. The van der Waals surface area contributed by atoms with Gasteiger partial charge in [-0.1, -0.05) is 6.07 Å². The Morgan fingerprint density at radius 2 is 2.00 bits per heavy atom. The molecule has 0 saturated heterocycles. The number of amides is 1. The van der Waals surface area contributed by atoms with Gasteiger partial charge in [0.05, 0.1) is 0 Å². The molecule has 21 heavy (non-hydrogen) atoms. The number of ether oxygens (including phenoxy) is 1.